The van der Waals surface area contributed by atoms with Gasteiger partial charge >= 0.3 is 5.97 Å². The molecule has 5 heteroatoms. The van der Waals surface area contributed by atoms with Gasteiger partial charge in [0.05, 0.1) is 0 Å². The number of carbonyl (C=O) groups excluding carboxylic acids is 1. The van der Waals surface area contributed by atoms with Gasteiger partial charge < -0.3 is 5.11 Å². The Morgan fingerprint density at radius 1 is 1.44 bits per heavy atom. The number of halogens is 2. The Kier molecular flexibility index (Phi) is 5.38. The molecule has 96 valence electrons. The van der Waals surface area contributed by atoms with E-state index in [1.165, 1.54) is 13.0 Å². The average Bonchev–Trinajstić information content (AvgIpc) is 2.34. The van der Waals surface area contributed by atoms with E-state index >= 15 is 0 Å². The highest BCUT2D eigenvalue weighted by molar-refractivity contribution is 6.31. The minimum Gasteiger partial charge on any atom is -0.478 e. The summed E-state index contributed by atoms with van der Waals surface area (Å²) in [6.45, 7) is 1.38. The molecular formula is C13H12Cl2O3. The summed E-state index contributed by atoms with van der Waals surface area (Å²) in [6.07, 6.45) is 2.41. The van der Waals surface area contributed by atoms with Crippen molar-refractivity contribution in [2.75, 3.05) is 0 Å². The molecule has 1 N–H and O–H groups in total. The van der Waals surface area contributed by atoms with Crippen molar-refractivity contribution in [3.8, 4) is 0 Å². The largest absolute Gasteiger partial charge is 0.478 e. The zero-order valence-electron chi connectivity index (χ0n) is 9.69. The van der Waals surface area contributed by atoms with Gasteiger partial charge in [0, 0.05) is 12.0 Å². The smallest absolute Gasteiger partial charge is 0.328 e. The predicted octanol–water partition coefficient (Wildman–Crippen LogP) is 3.39. The Balaban J connectivity index is 3.33. The number of hydrogen-bond acceptors (Lipinski definition) is 2. The predicted molar refractivity (Wildman–Crippen MR) is 71.9 cm³/mol. The molecule has 0 bridgehead atoms. The average molecular weight is 287 g/mol. The van der Waals surface area contributed by atoms with Gasteiger partial charge in [0.15, 0.2) is 5.78 Å². The lowest BCUT2D eigenvalue weighted by molar-refractivity contribution is -0.131. The Labute approximate surface area is 115 Å². The lowest BCUT2D eigenvalue weighted by Crippen LogP contribution is -2.07. The van der Waals surface area contributed by atoms with Crippen LogP contribution in [0.15, 0.2) is 24.3 Å². The third kappa shape index (κ3) is 3.59. The van der Waals surface area contributed by atoms with E-state index in [0.29, 0.717) is 11.1 Å². The Morgan fingerprint density at radius 3 is 2.61 bits per heavy atom. The minimum atomic E-state index is -1.06. The number of benzene rings is 1. The lowest BCUT2D eigenvalue weighted by Gasteiger charge is -2.14. The first-order valence-corrected chi connectivity index (χ1v) is 6.17. The number of hydrogen-bond donors (Lipinski definition) is 1. The Hall–Kier alpha value is -1.32. The molecule has 0 spiro atoms. The van der Waals surface area contributed by atoms with Gasteiger partial charge in [0.2, 0.25) is 0 Å². The van der Waals surface area contributed by atoms with Crippen LogP contribution in [0.2, 0.25) is 0 Å². The van der Waals surface area contributed by atoms with E-state index in [0.717, 1.165) is 11.6 Å². The fourth-order valence-corrected chi connectivity index (χ4v) is 2.07. The van der Waals surface area contributed by atoms with Gasteiger partial charge in [-0.05, 0) is 29.7 Å². The zero-order valence-corrected chi connectivity index (χ0v) is 11.2. The number of rotatable bonds is 5. The third-order valence-electron chi connectivity index (χ3n) is 2.39. The molecule has 1 rings (SSSR count). The quantitative estimate of drug-likeness (QED) is 0.667. The molecule has 0 fully saturated rings. The molecule has 1 aromatic rings. The molecule has 1 aromatic carbocycles. The first kappa shape index (κ1) is 14.7. The standard InChI is InChI=1S/C13H12Cl2O3/c1-8(16)13(15)12-9(5-6-11(17)18)3-2-4-10(12)7-14/h2-6,13H,7H2,1H3,(H,17,18). The fraction of sp³-hybridized carbons (Fsp3) is 0.231. The maximum Gasteiger partial charge on any atom is 0.328 e. The van der Waals surface area contributed by atoms with Crippen molar-refractivity contribution in [1.82, 2.24) is 0 Å². The number of carboxylic acid groups (broad SMARTS) is 1. The summed E-state index contributed by atoms with van der Waals surface area (Å²) in [5.41, 5.74) is 1.88. The van der Waals surface area contributed by atoms with Gasteiger partial charge in [-0.3, -0.25) is 4.79 Å². The number of alkyl halides is 2. The van der Waals surface area contributed by atoms with Crippen molar-refractivity contribution in [2.45, 2.75) is 18.2 Å². The van der Waals surface area contributed by atoms with Crippen LogP contribution in [-0.2, 0) is 15.5 Å². The number of carboxylic acids is 1. The van der Waals surface area contributed by atoms with E-state index < -0.39 is 11.3 Å². The molecule has 0 amide bonds. The summed E-state index contributed by atoms with van der Waals surface area (Å²) in [4.78, 5) is 21.9. The molecule has 18 heavy (non-hydrogen) atoms. The molecule has 0 heterocycles. The zero-order chi connectivity index (χ0) is 13.7. The van der Waals surface area contributed by atoms with Crippen LogP contribution in [0.5, 0.6) is 0 Å². The van der Waals surface area contributed by atoms with Crippen molar-refractivity contribution in [1.29, 1.82) is 0 Å². The normalized spacial score (nSPS) is 12.6. The Morgan fingerprint density at radius 2 is 2.11 bits per heavy atom. The number of aliphatic carboxylic acids is 1. The van der Waals surface area contributed by atoms with Gasteiger partial charge in [-0.25, -0.2) is 4.79 Å². The first-order chi connectivity index (χ1) is 8.47. The molecule has 0 radical (unpaired) electrons. The Bertz CT molecular complexity index is 495. The van der Waals surface area contributed by atoms with Gasteiger partial charge in [-0.2, -0.15) is 0 Å². The van der Waals surface area contributed by atoms with E-state index in [1.54, 1.807) is 18.2 Å². The van der Waals surface area contributed by atoms with Crippen LogP contribution in [0, 0.1) is 0 Å². The van der Waals surface area contributed by atoms with E-state index in [4.69, 9.17) is 28.3 Å². The van der Waals surface area contributed by atoms with Crippen LogP contribution >= 0.6 is 23.2 Å². The highest BCUT2D eigenvalue weighted by atomic mass is 35.5. The van der Waals surface area contributed by atoms with Crippen LogP contribution in [0.25, 0.3) is 6.08 Å². The van der Waals surface area contributed by atoms with Crippen LogP contribution in [-0.4, -0.2) is 16.9 Å². The summed E-state index contributed by atoms with van der Waals surface area (Å²) in [5.74, 6) is -1.06. The van der Waals surface area contributed by atoms with Crippen molar-refractivity contribution in [3.63, 3.8) is 0 Å². The summed E-state index contributed by atoms with van der Waals surface area (Å²) >= 11 is 11.9. The number of ketones is 1. The van der Waals surface area contributed by atoms with Crippen molar-refractivity contribution < 1.29 is 14.7 Å². The van der Waals surface area contributed by atoms with Crippen LogP contribution in [0.4, 0.5) is 0 Å². The van der Waals surface area contributed by atoms with Crippen molar-refractivity contribution >= 4 is 41.0 Å². The van der Waals surface area contributed by atoms with Gasteiger partial charge in [0.1, 0.15) is 5.38 Å². The topological polar surface area (TPSA) is 54.4 Å². The summed E-state index contributed by atoms with van der Waals surface area (Å²) < 4.78 is 0. The second kappa shape index (κ2) is 6.57. The van der Waals surface area contributed by atoms with Gasteiger partial charge in [-0.1, -0.05) is 18.2 Å². The number of carbonyl (C=O) groups is 2. The van der Waals surface area contributed by atoms with Crippen LogP contribution in [0.3, 0.4) is 0 Å². The minimum absolute atomic E-state index is 0.209. The van der Waals surface area contributed by atoms with Crippen molar-refractivity contribution in [2.24, 2.45) is 0 Å². The second-order valence-corrected chi connectivity index (χ2v) is 4.40. The fourth-order valence-electron chi connectivity index (χ4n) is 1.57. The van der Waals surface area contributed by atoms with E-state index in [-0.39, 0.29) is 11.7 Å². The van der Waals surface area contributed by atoms with E-state index in [1.807, 2.05) is 0 Å². The molecule has 0 saturated heterocycles. The molecule has 1 atom stereocenters. The lowest BCUT2D eigenvalue weighted by atomic mass is 9.96. The SMILES string of the molecule is CC(=O)C(Cl)c1c(C=CC(=O)O)cccc1CCl. The van der Waals surface area contributed by atoms with Crippen LogP contribution in [0.1, 0.15) is 29.0 Å². The summed E-state index contributed by atoms with van der Waals surface area (Å²) in [6, 6.07) is 5.20. The second-order valence-electron chi connectivity index (χ2n) is 3.70. The van der Waals surface area contributed by atoms with E-state index in [9.17, 15) is 9.59 Å². The highest BCUT2D eigenvalue weighted by Gasteiger charge is 2.19. The maximum atomic E-state index is 11.4. The molecule has 1 unspecified atom stereocenters. The van der Waals surface area contributed by atoms with Gasteiger partial charge in [-0.15, -0.1) is 23.2 Å². The van der Waals surface area contributed by atoms with Crippen molar-refractivity contribution in [3.05, 3.63) is 41.0 Å². The monoisotopic (exact) mass is 286 g/mol. The molecule has 0 aliphatic heterocycles. The summed E-state index contributed by atoms with van der Waals surface area (Å²) in [5, 5.41) is 7.80. The third-order valence-corrected chi connectivity index (χ3v) is 3.20. The molecular weight excluding hydrogens is 275 g/mol. The first-order valence-electron chi connectivity index (χ1n) is 5.20. The molecule has 0 saturated carbocycles. The molecule has 0 aliphatic rings. The summed E-state index contributed by atoms with van der Waals surface area (Å²) in [7, 11) is 0. The maximum absolute atomic E-state index is 11.4. The molecule has 3 nitrogen and oxygen atoms in total. The molecule has 0 aliphatic carbocycles. The van der Waals surface area contributed by atoms with Gasteiger partial charge in [0.25, 0.3) is 0 Å². The highest BCUT2D eigenvalue weighted by Crippen LogP contribution is 2.30. The molecule has 0 aromatic heterocycles. The van der Waals surface area contributed by atoms with Crippen LogP contribution < -0.4 is 0 Å². The number of Topliss-reactive ketones (excluding diaryl/α,β-unsaturated/α-hetero) is 1. The van der Waals surface area contributed by atoms with E-state index in [2.05, 4.69) is 0 Å².